The van der Waals surface area contributed by atoms with Gasteiger partial charge in [-0.3, -0.25) is 14.6 Å². The highest BCUT2D eigenvalue weighted by atomic mass is 16.6. The first-order valence-corrected chi connectivity index (χ1v) is 11.8. The fraction of sp³-hybridized carbons (Fsp3) is 0.0690. The first-order chi connectivity index (χ1) is 19.4. The lowest BCUT2D eigenvalue weighted by atomic mass is 9.95. The second kappa shape index (κ2) is 11.1. The van der Waals surface area contributed by atoms with Gasteiger partial charge < -0.3 is 35.6 Å². The number of aromatic hydroxyl groups is 4. The third-order valence-corrected chi connectivity index (χ3v) is 6.07. The molecule has 12 heteroatoms. The number of carbonyl (C=O) groups is 4. The Balaban J connectivity index is 1.62. The molecule has 0 aliphatic carbocycles. The summed E-state index contributed by atoms with van der Waals surface area (Å²) in [6, 6.07) is 10.4. The van der Waals surface area contributed by atoms with E-state index >= 15 is 0 Å². The van der Waals surface area contributed by atoms with Crippen molar-refractivity contribution >= 4 is 29.8 Å². The van der Waals surface area contributed by atoms with Crippen molar-refractivity contribution in [2.75, 3.05) is 0 Å². The summed E-state index contributed by atoms with van der Waals surface area (Å²) >= 11 is 0. The molecule has 1 amide bonds. The molecule has 4 rings (SSSR count). The van der Waals surface area contributed by atoms with Gasteiger partial charge in [0.2, 0.25) is 5.78 Å². The molecule has 0 fully saturated rings. The highest BCUT2D eigenvalue weighted by molar-refractivity contribution is 6.18. The smallest absolute Gasteiger partial charge is 0.339 e. The maximum absolute atomic E-state index is 13.1. The number of carboxylic acid groups (broad SMARTS) is 1. The number of carboxylic acids is 1. The van der Waals surface area contributed by atoms with Crippen LogP contribution in [0.1, 0.15) is 53.9 Å². The maximum atomic E-state index is 13.1. The number of carbonyl (C=O) groups excluding carboxylic acids is 3. The highest BCUT2D eigenvalue weighted by Crippen LogP contribution is 2.35. The molecule has 6 N–H and O–H groups in total. The van der Waals surface area contributed by atoms with Crippen LogP contribution in [0.5, 0.6) is 23.0 Å². The molecule has 12 nitrogen and oxygen atoms in total. The summed E-state index contributed by atoms with van der Waals surface area (Å²) < 4.78 is 5.62. The average Bonchev–Trinajstić information content (AvgIpc) is 3.09. The fourth-order valence-corrected chi connectivity index (χ4v) is 3.96. The van der Waals surface area contributed by atoms with Crippen molar-refractivity contribution in [3.63, 3.8) is 0 Å². The maximum Gasteiger partial charge on any atom is 0.339 e. The van der Waals surface area contributed by atoms with Crippen molar-refractivity contribution in [3.05, 3.63) is 106 Å². The number of aromatic carboxylic acids is 1. The number of esters is 1. The number of nitrogens with one attached hydrogen (secondary N) is 1. The first-order valence-electron chi connectivity index (χ1n) is 11.8. The van der Waals surface area contributed by atoms with Crippen molar-refractivity contribution in [2.45, 2.75) is 12.5 Å². The summed E-state index contributed by atoms with van der Waals surface area (Å²) in [5.74, 6) is -6.91. The van der Waals surface area contributed by atoms with E-state index in [0.717, 1.165) is 24.3 Å². The van der Waals surface area contributed by atoms with E-state index in [1.165, 1.54) is 61.8 Å². The van der Waals surface area contributed by atoms with Crippen LogP contribution in [0, 0.1) is 0 Å². The number of amides is 1. The first kappa shape index (κ1) is 28.1. The normalized spacial score (nSPS) is 15.9. The van der Waals surface area contributed by atoms with Gasteiger partial charge in [-0.15, -0.1) is 0 Å². The Bertz CT molecular complexity index is 1650. The predicted molar refractivity (Wildman–Crippen MR) is 143 cm³/mol. The van der Waals surface area contributed by atoms with Crippen LogP contribution in [-0.4, -0.2) is 61.0 Å². The Kier molecular flexibility index (Phi) is 7.58. The third-order valence-electron chi connectivity index (χ3n) is 6.07. The number of nitrogens with zero attached hydrogens (tertiary/aromatic N) is 1. The van der Waals surface area contributed by atoms with Gasteiger partial charge in [-0.2, -0.15) is 0 Å². The second-order valence-electron chi connectivity index (χ2n) is 8.92. The Labute approximate surface area is 231 Å². The van der Waals surface area contributed by atoms with Gasteiger partial charge in [0.1, 0.15) is 28.6 Å². The predicted octanol–water partition coefficient (Wildman–Crippen LogP) is 3.27. The summed E-state index contributed by atoms with van der Waals surface area (Å²) in [6.07, 6.45) is 5.53. The molecule has 1 aliphatic heterocycles. The van der Waals surface area contributed by atoms with Gasteiger partial charge >= 0.3 is 11.9 Å². The van der Waals surface area contributed by atoms with Crippen LogP contribution >= 0.6 is 0 Å². The number of hydrogen-bond acceptors (Lipinski definition) is 10. The molecule has 3 aromatic carbocycles. The molecule has 1 aliphatic rings. The molecular weight excluding hydrogens is 536 g/mol. The number of phenolic OH excluding ortho intramolecular Hbond substituents is 4. The summed E-state index contributed by atoms with van der Waals surface area (Å²) in [4.78, 5) is 54.5. The van der Waals surface area contributed by atoms with Crippen LogP contribution in [0.2, 0.25) is 0 Å². The topological polar surface area (TPSA) is 203 Å². The van der Waals surface area contributed by atoms with Crippen LogP contribution in [-0.2, 0) is 4.74 Å². The van der Waals surface area contributed by atoms with Gasteiger partial charge in [0.25, 0.3) is 5.91 Å². The zero-order chi connectivity index (χ0) is 29.9. The molecule has 0 aromatic heterocycles. The van der Waals surface area contributed by atoms with Crippen molar-refractivity contribution < 1.29 is 49.4 Å². The lowest BCUT2D eigenvalue weighted by Crippen LogP contribution is -2.40. The molecule has 1 heterocycles. The summed E-state index contributed by atoms with van der Waals surface area (Å²) in [7, 11) is 0. The Morgan fingerprint density at radius 3 is 2.15 bits per heavy atom. The summed E-state index contributed by atoms with van der Waals surface area (Å²) in [5.41, 5.74) is -3.74. The summed E-state index contributed by atoms with van der Waals surface area (Å²) in [6.45, 7) is 1.45. The standard InChI is InChI=1S/C29H22N2O10/c1-29(10-3-11-30-14-22(29)31-26(37)15-6-8-17(32)9-7-15)41-28(40)16-12-20(34)24(21(35)13-16)25(36)23-18(27(38)39)4-2-5-19(23)33/h2-14,32-35H,1H3,(H,31,37)(H,38,39). The molecule has 0 bridgehead atoms. The number of allylic oxidation sites excluding steroid dienone is 1. The number of rotatable bonds is 7. The zero-order valence-corrected chi connectivity index (χ0v) is 21.2. The Morgan fingerprint density at radius 1 is 0.854 bits per heavy atom. The molecule has 208 valence electrons. The Morgan fingerprint density at radius 2 is 1.51 bits per heavy atom. The van der Waals surface area contributed by atoms with Crippen LogP contribution in [0.3, 0.4) is 0 Å². The van der Waals surface area contributed by atoms with E-state index in [1.54, 1.807) is 0 Å². The van der Waals surface area contributed by atoms with E-state index in [9.17, 15) is 44.7 Å². The molecule has 3 aromatic rings. The number of benzene rings is 3. The average molecular weight is 558 g/mol. The minimum Gasteiger partial charge on any atom is -0.508 e. The molecule has 0 spiro atoms. The quantitative estimate of drug-likeness (QED) is 0.184. The number of hydrogen-bond donors (Lipinski definition) is 6. The number of aliphatic imine (C=N–C) groups is 1. The number of phenols is 4. The van der Waals surface area contributed by atoms with E-state index in [4.69, 9.17) is 4.74 Å². The molecule has 1 unspecified atom stereocenters. The molecular formula is C29H22N2O10. The van der Waals surface area contributed by atoms with Crippen molar-refractivity contribution in [1.82, 2.24) is 5.32 Å². The molecule has 1 atom stereocenters. The van der Waals surface area contributed by atoms with E-state index in [-0.39, 0.29) is 17.0 Å². The fourth-order valence-electron chi connectivity index (χ4n) is 3.96. The monoisotopic (exact) mass is 558 g/mol. The Hall–Kier alpha value is -5.91. The van der Waals surface area contributed by atoms with Crippen LogP contribution in [0.4, 0.5) is 0 Å². The molecule has 0 saturated heterocycles. The van der Waals surface area contributed by atoms with Crippen molar-refractivity contribution in [1.29, 1.82) is 0 Å². The molecule has 0 saturated carbocycles. The van der Waals surface area contributed by atoms with Gasteiger partial charge in [-0.1, -0.05) is 6.07 Å². The van der Waals surface area contributed by atoms with Crippen molar-refractivity contribution in [2.24, 2.45) is 4.99 Å². The third kappa shape index (κ3) is 5.76. The lowest BCUT2D eigenvalue weighted by molar-refractivity contribution is 0.0203. The lowest BCUT2D eigenvalue weighted by Gasteiger charge is -2.29. The second-order valence-corrected chi connectivity index (χ2v) is 8.92. The van der Waals surface area contributed by atoms with Crippen LogP contribution < -0.4 is 5.32 Å². The van der Waals surface area contributed by atoms with E-state index in [2.05, 4.69) is 10.3 Å². The number of ketones is 1. The van der Waals surface area contributed by atoms with Gasteiger partial charge in [0.15, 0.2) is 5.60 Å². The van der Waals surface area contributed by atoms with Gasteiger partial charge in [0, 0.05) is 11.8 Å². The van der Waals surface area contributed by atoms with Crippen LogP contribution in [0.25, 0.3) is 0 Å². The van der Waals surface area contributed by atoms with E-state index in [1.807, 2.05) is 0 Å². The zero-order valence-electron chi connectivity index (χ0n) is 21.2. The van der Waals surface area contributed by atoms with E-state index < -0.39 is 68.7 Å². The van der Waals surface area contributed by atoms with Crippen molar-refractivity contribution in [3.8, 4) is 23.0 Å². The van der Waals surface area contributed by atoms with E-state index in [0.29, 0.717) is 0 Å². The van der Waals surface area contributed by atoms with Gasteiger partial charge in [-0.25, -0.2) is 9.59 Å². The minimum absolute atomic E-state index is 0.0383. The van der Waals surface area contributed by atoms with Crippen LogP contribution in [0.15, 0.2) is 83.6 Å². The largest absolute Gasteiger partial charge is 0.508 e. The number of ether oxygens (including phenoxy) is 1. The van der Waals surface area contributed by atoms with Gasteiger partial charge in [0.05, 0.1) is 28.6 Å². The molecule has 0 radical (unpaired) electrons. The SMILES string of the molecule is CC1(OC(=O)c2cc(O)c(C(=O)c3c(O)cccc3C(=O)O)c(O)c2)C=CC=NC=C1NC(=O)c1ccc(O)cc1. The minimum atomic E-state index is -1.61. The summed E-state index contributed by atoms with van der Waals surface area (Å²) in [5, 5.41) is 52.7. The highest BCUT2D eigenvalue weighted by Gasteiger charge is 2.35. The van der Waals surface area contributed by atoms with Gasteiger partial charge in [-0.05, 0) is 67.6 Å². The molecule has 41 heavy (non-hydrogen) atoms.